The molecule has 0 spiro atoms. The van der Waals surface area contributed by atoms with E-state index in [1.807, 2.05) is 24.3 Å². The van der Waals surface area contributed by atoms with Crippen molar-refractivity contribution in [3.8, 4) is 0 Å². The average molecular weight is 297 g/mol. The van der Waals surface area contributed by atoms with Gasteiger partial charge in [0.2, 0.25) is 0 Å². The second kappa shape index (κ2) is 5.74. The molecule has 0 aliphatic carbocycles. The number of aromatic nitrogens is 1. The van der Waals surface area contributed by atoms with Crippen molar-refractivity contribution < 1.29 is 0 Å². The summed E-state index contributed by atoms with van der Waals surface area (Å²) in [6, 6.07) is 14.3. The van der Waals surface area contributed by atoms with Crippen LogP contribution in [-0.2, 0) is 6.54 Å². The molecule has 2 aromatic carbocycles. The maximum Gasteiger partial charge on any atom is 0.0948 e. The number of hydrogen-bond donors (Lipinski definition) is 1. The lowest BCUT2D eigenvalue weighted by molar-refractivity contribution is 1.13. The second-order valence-corrected chi connectivity index (χ2v) is 5.67. The molecule has 1 aromatic heterocycles. The van der Waals surface area contributed by atoms with Gasteiger partial charge in [-0.3, -0.25) is 4.98 Å². The highest BCUT2D eigenvalue weighted by Gasteiger charge is 2.05. The molecular formula is C18H17ClN2. The van der Waals surface area contributed by atoms with Crippen molar-refractivity contribution in [3.63, 3.8) is 0 Å². The number of fused-ring (bicyclic) bond motifs is 1. The van der Waals surface area contributed by atoms with Crippen LogP contribution in [0.1, 0.15) is 16.7 Å². The van der Waals surface area contributed by atoms with Crippen LogP contribution in [0.4, 0.5) is 5.69 Å². The monoisotopic (exact) mass is 296 g/mol. The molecular weight excluding hydrogens is 280 g/mol. The molecule has 0 amide bonds. The average Bonchev–Trinajstić information content (AvgIpc) is 2.50. The molecule has 3 aromatic rings. The molecule has 0 saturated carbocycles. The number of aryl methyl sites for hydroxylation is 2. The zero-order chi connectivity index (χ0) is 14.8. The van der Waals surface area contributed by atoms with Gasteiger partial charge in [-0.15, -0.1) is 0 Å². The van der Waals surface area contributed by atoms with Gasteiger partial charge < -0.3 is 5.32 Å². The van der Waals surface area contributed by atoms with Crippen molar-refractivity contribution in [3.05, 3.63) is 70.4 Å². The van der Waals surface area contributed by atoms with Crippen molar-refractivity contribution in [1.29, 1.82) is 0 Å². The lowest BCUT2D eigenvalue weighted by Crippen LogP contribution is -2.01. The first-order chi connectivity index (χ1) is 10.1. The third kappa shape index (κ3) is 2.86. The van der Waals surface area contributed by atoms with Crippen LogP contribution < -0.4 is 5.32 Å². The number of nitrogens with one attached hydrogen (secondary N) is 1. The van der Waals surface area contributed by atoms with Crippen molar-refractivity contribution in [2.45, 2.75) is 20.4 Å². The summed E-state index contributed by atoms with van der Waals surface area (Å²) < 4.78 is 0. The van der Waals surface area contributed by atoms with E-state index in [0.29, 0.717) is 0 Å². The van der Waals surface area contributed by atoms with Crippen LogP contribution in [0.15, 0.2) is 48.7 Å². The first kappa shape index (κ1) is 13.9. The Bertz CT molecular complexity index is 796. The standard InChI is InChI=1S/C18H17ClN2/c1-12-5-6-14(10-13(12)2)11-21-17-8-7-16(19)15-4-3-9-20-18(15)17/h3-10,21H,11H2,1-2H3. The third-order valence-corrected chi connectivity index (χ3v) is 4.10. The summed E-state index contributed by atoms with van der Waals surface area (Å²) in [5.41, 5.74) is 5.81. The van der Waals surface area contributed by atoms with E-state index in [1.54, 1.807) is 6.20 Å². The molecule has 0 radical (unpaired) electrons. The lowest BCUT2D eigenvalue weighted by atomic mass is 10.1. The maximum atomic E-state index is 6.22. The molecule has 0 saturated heterocycles. The van der Waals surface area contributed by atoms with Crippen molar-refractivity contribution in [2.24, 2.45) is 0 Å². The minimum atomic E-state index is 0.731. The zero-order valence-corrected chi connectivity index (χ0v) is 12.9. The molecule has 0 fully saturated rings. The van der Waals surface area contributed by atoms with Gasteiger partial charge >= 0.3 is 0 Å². The smallest absolute Gasteiger partial charge is 0.0948 e. The van der Waals surface area contributed by atoms with Crippen LogP contribution in [0, 0.1) is 13.8 Å². The maximum absolute atomic E-state index is 6.22. The van der Waals surface area contributed by atoms with Gasteiger partial charge in [0, 0.05) is 18.1 Å². The SMILES string of the molecule is Cc1ccc(CNc2ccc(Cl)c3cccnc23)cc1C. The van der Waals surface area contributed by atoms with Crippen LogP contribution in [0.3, 0.4) is 0 Å². The highest BCUT2D eigenvalue weighted by Crippen LogP contribution is 2.28. The van der Waals surface area contributed by atoms with Gasteiger partial charge in [0.15, 0.2) is 0 Å². The Morgan fingerprint density at radius 3 is 2.71 bits per heavy atom. The largest absolute Gasteiger partial charge is 0.379 e. The van der Waals surface area contributed by atoms with E-state index < -0.39 is 0 Å². The fraction of sp³-hybridized carbons (Fsp3) is 0.167. The van der Waals surface area contributed by atoms with Gasteiger partial charge in [0.1, 0.15) is 0 Å². The Hall–Kier alpha value is -2.06. The Kier molecular flexibility index (Phi) is 3.80. The number of halogens is 1. The van der Waals surface area contributed by atoms with Crippen molar-refractivity contribution >= 4 is 28.2 Å². The quantitative estimate of drug-likeness (QED) is 0.726. The molecule has 2 nitrogen and oxygen atoms in total. The van der Waals surface area contributed by atoms with Crippen LogP contribution >= 0.6 is 11.6 Å². The van der Waals surface area contributed by atoms with Crippen LogP contribution in [0.25, 0.3) is 10.9 Å². The van der Waals surface area contributed by atoms with Gasteiger partial charge in [-0.1, -0.05) is 29.8 Å². The van der Waals surface area contributed by atoms with Gasteiger partial charge in [0.05, 0.1) is 16.2 Å². The predicted octanol–water partition coefficient (Wildman–Crippen LogP) is 5.12. The Morgan fingerprint density at radius 1 is 1.05 bits per heavy atom. The summed E-state index contributed by atoms with van der Waals surface area (Å²) in [6.07, 6.45) is 1.79. The Balaban J connectivity index is 1.88. The predicted molar refractivity (Wildman–Crippen MR) is 90.0 cm³/mol. The minimum Gasteiger partial charge on any atom is -0.379 e. The van der Waals surface area contributed by atoms with Gasteiger partial charge in [-0.25, -0.2) is 0 Å². The van der Waals surface area contributed by atoms with Gasteiger partial charge in [-0.05, 0) is 54.8 Å². The van der Waals surface area contributed by atoms with E-state index in [4.69, 9.17) is 11.6 Å². The molecule has 1 N–H and O–H groups in total. The topological polar surface area (TPSA) is 24.9 Å². The molecule has 0 unspecified atom stereocenters. The zero-order valence-electron chi connectivity index (χ0n) is 12.2. The number of rotatable bonds is 3. The van der Waals surface area contributed by atoms with E-state index in [2.05, 4.69) is 42.3 Å². The van der Waals surface area contributed by atoms with Crippen LogP contribution in [0.5, 0.6) is 0 Å². The molecule has 0 atom stereocenters. The van der Waals surface area contributed by atoms with E-state index in [9.17, 15) is 0 Å². The molecule has 1 heterocycles. The summed E-state index contributed by atoms with van der Waals surface area (Å²) in [5.74, 6) is 0. The van der Waals surface area contributed by atoms with Crippen molar-refractivity contribution in [1.82, 2.24) is 4.98 Å². The minimum absolute atomic E-state index is 0.731. The molecule has 0 aliphatic rings. The molecule has 0 aliphatic heterocycles. The summed E-state index contributed by atoms with van der Waals surface area (Å²) in [6.45, 7) is 5.04. The number of benzene rings is 2. The highest BCUT2D eigenvalue weighted by atomic mass is 35.5. The lowest BCUT2D eigenvalue weighted by Gasteiger charge is -2.11. The molecule has 3 rings (SSSR count). The number of hydrogen-bond acceptors (Lipinski definition) is 2. The van der Waals surface area contributed by atoms with Gasteiger partial charge in [0.25, 0.3) is 0 Å². The number of nitrogens with zero attached hydrogens (tertiary/aromatic N) is 1. The molecule has 106 valence electrons. The summed E-state index contributed by atoms with van der Waals surface area (Å²) >= 11 is 6.22. The van der Waals surface area contributed by atoms with E-state index >= 15 is 0 Å². The molecule has 21 heavy (non-hydrogen) atoms. The van der Waals surface area contributed by atoms with E-state index in [1.165, 1.54) is 16.7 Å². The fourth-order valence-corrected chi connectivity index (χ4v) is 2.61. The van der Waals surface area contributed by atoms with Crippen LogP contribution in [0.2, 0.25) is 5.02 Å². The van der Waals surface area contributed by atoms with Crippen LogP contribution in [-0.4, -0.2) is 4.98 Å². The molecule has 3 heteroatoms. The molecule has 0 bridgehead atoms. The normalized spacial score (nSPS) is 10.8. The number of pyridine rings is 1. The van der Waals surface area contributed by atoms with E-state index in [0.717, 1.165) is 28.2 Å². The van der Waals surface area contributed by atoms with E-state index in [-0.39, 0.29) is 0 Å². The fourth-order valence-electron chi connectivity index (χ4n) is 2.39. The second-order valence-electron chi connectivity index (χ2n) is 5.27. The first-order valence-electron chi connectivity index (χ1n) is 6.98. The van der Waals surface area contributed by atoms with Crippen molar-refractivity contribution in [2.75, 3.05) is 5.32 Å². The van der Waals surface area contributed by atoms with Gasteiger partial charge in [-0.2, -0.15) is 0 Å². The Labute approximate surface area is 129 Å². The number of anilines is 1. The summed E-state index contributed by atoms with van der Waals surface area (Å²) in [5, 5.41) is 5.16. The summed E-state index contributed by atoms with van der Waals surface area (Å²) in [7, 11) is 0. The first-order valence-corrected chi connectivity index (χ1v) is 7.36. The highest BCUT2D eigenvalue weighted by molar-refractivity contribution is 6.35. The Morgan fingerprint density at radius 2 is 1.90 bits per heavy atom. The summed E-state index contributed by atoms with van der Waals surface area (Å²) in [4.78, 5) is 4.44. The third-order valence-electron chi connectivity index (χ3n) is 3.77.